The summed E-state index contributed by atoms with van der Waals surface area (Å²) in [6, 6.07) is 7.44. The Labute approximate surface area is 168 Å². The van der Waals surface area contributed by atoms with Crippen molar-refractivity contribution < 1.29 is 14.6 Å². The number of para-hydroxylation sites is 2. The van der Waals surface area contributed by atoms with Crippen LogP contribution in [0.2, 0.25) is 0 Å². The van der Waals surface area contributed by atoms with Gasteiger partial charge in [-0.25, -0.2) is 9.79 Å². The first-order valence-corrected chi connectivity index (χ1v) is 9.24. The zero-order chi connectivity index (χ0) is 20.7. The molecule has 0 radical (unpaired) electrons. The van der Waals surface area contributed by atoms with Crippen molar-refractivity contribution in [3.63, 3.8) is 0 Å². The fourth-order valence-electron chi connectivity index (χ4n) is 2.91. The Morgan fingerprint density at radius 3 is 2.73 bits per heavy atom. The van der Waals surface area contributed by atoms with E-state index in [9.17, 15) is 9.90 Å². The molecule has 0 amide bonds. The van der Waals surface area contributed by atoms with E-state index < -0.39 is 5.69 Å². The maximum Gasteiger partial charge on any atom is 0.327 e. The monoisotopic (exact) mass is 407 g/mol. The molecular weight excluding hydrogens is 390 g/mol. The minimum atomic E-state index is -0.519. The van der Waals surface area contributed by atoms with Crippen molar-refractivity contribution in [3.05, 3.63) is 57.5 Å². The Morgan fingerprint density at radius 1 is 1.23 bits per heavy atom. The number of nitrogens with zero attached hydrogens (tertiary/aromatic N) is 5. The smallest absolute Gasteiger partial charge is 0.327 e. The maximum atomic E-state index is 11.4. The normalized spacial score (nSPS) is 15.1. The van der Waals surface area contributed by atoms with Gasteiger partial charge >= 0.3 is 11.7 Å². The Bertz CT molecular complexity index is 1410. The van der Waals surface area contributed by atoms with Crippen molar-refractivity contribution >= 4 is 11.7 Å². The zero-order valence-electron chi connectivity index (χ0n) is 15.9. The molecule has 0 bridgehead atoms. The molecule has 1 aliphatic carbocycles. The van der Waals surface area contributed by atoms with E-state index >= 15 is 0 Å². The van der Waals surface area contributed by atoms with Gasteiger partial charge in [-0.05, 0) is 31.1 Å². The number of imidazole rings is 1. The lowest BCUT2D eigenvalue weighted by atomic mass is 10.3. The van der Waals surface area contributed by atoms with Crippen LogP contribution >= 0.6 is 0 Å². The highest BCUT2D eigenvalue weighted by Gasteiger charge is 2.21. The standard InChI is InChI=1S/C19H17N7O4/c1-29-13-4-2-3-5-14(13)30-19-23-15-10(8-12-16(27)24-18(28)22-12)9-20-26(15)17(25-19)21-11-6-7-11/h2-5,8-9,11,27H,6-7H2,1H3,(H2,22,24,28)/b10-8-,21-17?. The second-order valence-corrected chi connectivity index (χ2v) is 6.74. The molecule has 3 aromatic heterocycles. The van der Waals surface area contributed by atoms with Gasteiger partial charge in [-0.15, -0.1) is 0 Å². The van der Waals surface area contributed by atoms with Gasteiger partial charge in [0, 0.05) is 5.22 Å². The summed E-state index contributed by atoms with van der Waals surface area (Å²) in [5.41, 5.74) is 0.463. The lowest BCUT2D eigenvalue weighted by Gasteiger charge is -2.08. The molecule has 0 spiro atoms. The van der Waals surface area contributed by atoms with Crippen LogP contribution in [0.5, 0.6) is 23.4 Å². The van der Waals surface area contributed by atoms with Crippen LogP contribution in [-0.4, -0.2) is 47.8 Å². The molecule has 11 nitrogen and oxygen atoms in total. The third-order valence-electron chi connectivity index (χ3n) is 4.51. The van der Waals surface area contributed by atoms with Crippen LogP contribution in [0.15, 0.2) is 40.2 Å². The van der Waals surface area contributed by atoms with E-state index in [-0.39, 0.29) is 23.6 Å². The van der Waals surface area contributed by atoms with Gasteiger partial charge < -0.3 is 19.6 Å². The predicted molar refractivity (Wildman–Crippen MR) is 104 cm³/mol. The number of ether oxygens (including phenoxy) is 2. The number of nitrogens with one attached hydrogen (secondary N) is 2. The van der Waals surface area contributed by atoms with Gasteiger partial charge in [-0.1, -0.05) is 12.1 Å². The van der Waals surface area contributed by atoms with E-state index in [2.05, 4.69) is 30.0 Å². The van der Waals surface area contributed by atoms with Crippen molar-refractivity contribution in [1.82, 2.24) is 29.5 Å². The maximum absolute atomic E-state index is 11.4. The summed E-state index contributed by atoms with van der Waals surface area (Å²) in [4.78, 5) is 29.7. The van der Waals surface area contributed by atoms with E-state index in [0.29, 0.717) is 28.0 Å². The summed E-state index contributed by atoms with van der Waals surface area (Å²) in [6.45, 7) is 0. The quantitative estimate of drug-likeness (QED) is 0.430. The highest BCUT2D eigenvalue weighted by molar-refractivity contribution is 5.56. The van der Waals surface area contributed by atoms with Crippen LogP contribution in [0, 0.1) is 0 Å². The van der Waals surface area contributed by atoms with Gasteiger partial charge in [0.05, 0.1) is 19.3 Å². The van der Waals surface area contributed by atoms with Crippen molar-refractivity contribution in [2.75, 3.05) is 7.11 Å². The van der Waals surface area contributed by atoms with Crippen LogP contribution in [0.4, 0.5) is 0 Å². The minimum absolute atomic E-state index is 0.0772. The van der Waals surface area contributed by atoms with Gasteiger partial charge in [0.25, 0.3) is 5.62 Å². The second kappa shape index (κ2) is 7.03. The van der Waals surface area contributed by atoms with Crippen LogP contribution in [0.25, 0.3) is 11.7 Å². The third-order valence-corrected chi connectivity index (χ3v) is 4.51. The van der Waals surface area contributed by atoms with Gasteiger partial charge in [0.2, 0.25) is 5.88 Å². The summed E-state index contributed by atoms with van der Waals surface area (Å²) in [5, 5.41) is 14.7. The van der Waals surface area contributed by atoms with Gasteiger partial charge in [-0.2, -0.15) is 19.6 Å². The molecule has 4 aromatic rings. The average Bonchev–Trinajstić information content (AvgIpc) is 3.37. The lowest BCUT2D eigenvalue weighted by Crippen LogP contribution is -2.23. The highest BCUT2D eigenvalue weighted by Crippen LogP contribution is 2.29. The SMILES string of the molecule is COc1ccccc1Oc1nc(=NC2CC2)n2nc/c(=C/c3[nH]c(=O)[nH]c3O)c2n1. The number of benzene rings is 1. The lowest BCUT2D eigenvalue weighted by molar-refractivity contribution is 0.366. The molecule has 0 unspecified atom stereocenters. The minimum Gasteiger partial charge on any atom is -0.493 e. The predicted octanol–water partition coefficient (Wildman–Crippen LogP) is 0.258. The molecule has 11 heteroatoms. The van der Waals surface area contributed by atoms with E-state index in [1.807, 2.05) is 12.1 Å². The summed E-state index contributed by atoms with van der Waals surface area (Å²) in [6.07, 6.45) is 5.09. The van der Waals surface area contributed by atoms with Crippen LogP contribution in [-0.2, 0) is 0 Å². The summed E-state index contributed by atoms with van der Waals surface area (Å²) >= 11 is 0. The van der Waals surface area contributed by atoms with Crippen molar-refractivity contribution in [3.8, 4) is 23.4 Å². The van der Waals surface area contributed by atoms with Crippen molar-refractivity contribution in [2.45, 2.75) is 18.9 Å². The largest absolute Gasteiger partial charge is 0.493 e. The first-order chi connectivity index (χ1) is 14.6. The highest BCUT2D eigenvalue weighted by atomic mass is 16.5. The summed E-state index contributed by atoms with van der Waals surface area (Å²) in [5.74, 6) is 0.720. The average molecular weight is 407 g/mol. The number of hydrogen-bond acceptors (Lipinski definition) is 8. The van der Waals surface area contributed by atoms with Gasteiger partial charge in [-0.3, -0.25) is 4.98 Å². The van der Waals surface area contributed by atoms with E-state index in [1.165, 1.54) is 4.52 Å². The zero-order valence-corrected chi connectivity index (χ0v) is 15.9. The van der Waals surface area contributed by atoms with Gasteiger partial charge in [0.15, 0.2) is 17.1 Å². The number of aromatic amines is 2. The molecule has 1 saturated carbocycles. The fourth-order valence-corrected chi connectivity index (χ4v) is 2.91. The van der Waals surface area contributed by atoms with E-state index in [0.717, 1.165) is 12.8 Å². The summed E-state index contributed by atoms with van der Waals surface area (Å²) in [7, 11) is 1.55. The molecule has 152 valence electrons. The molecular formula is C19H17N7O4. The molecule has 1 aliphatic rings. The Hall–Kier alpha value is -4.15. The van der Waals surface area contributed by atoms with Gasteiger partial charge in [0.1, 0.15) is 5.69 Å². The van der Waals surface area contributed by atoms with Crippen LogP contribution < -0.4 is 26.0 Å². The molecule has 0 atom stereocenters. The molecule has 0 aliphatic heterocycles. The number of H-pyrrole nitrogens is 2. The molecule has 1 aromatic carbocycles. The number of aromatic nitrogens is 6. The summed E-state index contributed by atoms with van der Waals surface area (Å²) < 4.78 is 12.7. The number of methoxy groups -OCH3 is 1. The van der Waals surface area contributed by atoms with Crippen LogP contribution in [0.1, 0.15) is 18.5 Å². The molecule has 3 heterocycles. The van der Waals surface area contributed by atoms with E-state index in [1.54, 1.807) is 31.5 Å². The third kappa shape index (κ3) is 3.36. The molecule has 0 saturated heterocycles. The molecule has 30 heavy (non-hydrogen) atoms. The Kier molecular flexibility index (Phi) is 4.20. The van der Waals surface area contributed by atoms with E-state index in [4.69, 9.17) is 9.47 Å². The first kappa shape index (κ1) is 17.9. The number of fused-ring (bicyclic) bond motifs is 1. The first-order valence-electron chi connectivity index (χ1n) is 9.24. The Balaban J connectivity index is 1.68. The number of hydrogen-bond donors (Lipinski definition) is 3. The van der Waals surface area contributed by atoms with Crippen molar-refractivity contribution in [1.29, 1.82) is 0 Å². The van der Waals surface area contributed by atoms with Crippen LogP contribution in [0.3, 0.4) is 0 Å². The number of aromatic hydroxyl groups is 1. The number of rotatable bonds is 5. The molecule has 3 N–H and O–H groups in total. The molecule has 5 rings (SSSR count). The molecule has 1 fully saturated rings. The topological polar surface area (TPSA) is 143 Å². The second-order valence-electron chi connectivity index (χ2n) is 6.74. The fraction of sp³-hybridized carbons (Fsp3) is 0.211. The Morgan fingerprint density at radius 2 is 2.03 bits per heavy atom. The van der Waals surface area contributed by atoms with Crippen molar-refractivity contribution in [2.24, 2.45) is 4.99 Å².